The summed E-state index contributed by atoms with van der Waals surface area (Å²) in [5, 5.41) is 0.765. The molecule has 0 saturated heterocycles. The minimum atomic E-state index is 0.0351. The number of aromatic nitrogens is 1. The second-order valence-electron chi connectivity index (χ2n) is 4.68. The van der Waals surface area contributed by atoms with Crippen LogP contribution < -0.4 is 11.3 Å². The molecule has 0 spiro atoms. The molecule has 0 aliphatic heterocycles. The van der Waals surface area contributed by atoms with Crippen LogP contribution in [0.1, 0.15) is 11.1 Å². The molecule has 0 amide bonds. The van der Waals surface area contributed by atoms with Crippen LogP contribution in [0.4, 0.5) is 5.69 Å². The minimum Gasteiger partial charge on any atom is -0.399 e. The van der Waals surface area contributed by atoms with Crippen molar-refractivity contribution in [3.8, 4) is 5.69 Å². The van der Waals surface area contributed by atoms with Crippen molar-refractivity contribution in [3.05, 3.63) is 57.9 Å². The summed E-state index contributed by atoms with van der Waals surface area (Å²) in [6.45, 7) is 3.93. The van der Waals surface area contributed by atoms with Gasteiger partial charge in [0.05, 0.1) is 15.8 Å². The van der Waals surface area contributed by atoms with Gasteiger partial charge in [-0.2, -0.15) is 0 Å². The first kappa shape index (κ1) is 12.0. The van der Waals surface area contributed by atoms with Gasteiger partial charge in [0, 0.05) is 5.69 Å². The van der Waals surface area contributed by atoms with Gasteiger partial charge in [-0.1, -0.05) is 23.7 Å². The third-order valence-corrected chi connectivity index (χ3v) is 4.39. The first-order chi connectivity index (χ1) is 9.08. The average molecular weight is 270 g/mol. The van der Waals surface area contributed by atoms with E-state index >= 15 is 0 Å². The lowest BCUT2D eigenvalue weighted by atomic mass is 10.1. The summed E-state index contributed by atoms with van der Waals surface area (Å²) in [4.78, 5) is 12.4. The Bertz CT molecular complexity index is 830. The molecule has 4 heteroatoms. The summed E-state index contributed by atoms with van der Waals surface area (Å²) in [6.07, 6.45) is 0. The lowest BCUT2D eigenvalue weighted by Gasteiger charge is -2.08. The maximum Gasteiger partial charge on any atom is 0.273 e. The van der Waals surface area contributed by atoms with Gasteiger partial charge in [0.2, 0.25) is 0 Å². The zero-order chi connectivity index (χ0) is 13.6. The average Bonchev–Trinajstić information content (AvgIpc) is 2.72. The van der Waals surface area contributed by atoms with E-state index < -0.39 is 0 Å². The number of hydrogen-bond acceptors (Lipinski definition) is 3. The minimum absolute atomic E-state index is 0.0351. The van der Waals surface area contributed by atoms with E-state index in [-0.39, 0.29) is 5.56 Å². The van der Waals surface area contributed by atoms with Crippen LogP contribution in [-0.4, -0.2) is 3.96 Å². The largest absolute Gasteiger partial charge is 0.399 e. The maximum atomic E-state index is 12.4. The maximum absolute atomic E-state index is 12.4. The number of aryl methyl sites for hydroxylation is 2. The highest BCUT2D eigenvalue weighted by Crippen LogP contribution is 2.25. The molecule has 1 aromatic heterocycles. The smallest absolute Gasteiger partial charge is 0.273 e. The van der Waals surface area contributed by atoms with Crippen LogP contribution in [0.3, 0.4) is 0 Å². The predicted octanol–water partition coefficient (Wildman–Crippen LogP) is 3.25. The van der Waals surface area contributed by atoms with E-state index in [1.807, 2.05) is 50.2 Å². The van der Waals surface area contributed by atoms with E-state index in [0.29, 0.717) is 0 Å². The molecule has 2 aromatic carbocycles. The third-order valence-electron chi connectivity index (χ3n) is 3.29. The number of hydrogen-bond donors (Lipinski definition) is 1. The molecule has 3 nitrogen and oxygen atoms in total. The number of anilines is 1. The summed E-state index contributed by atoms with van der Waals surface area (Å²) in [6, 6.07) is 11.6. The second-order valence-corrected chi connectivity index (χ2v) is 5.67. The highest BCUT2D eigenvalue weighted by atomic mass is 32.1. The molecule has 3 rings (SSSR count). The van der Waals surface area contributed by atoms with E-state index in [4.69, 9.17) is 5.73 Å². The Morgan fingerprint density at radius 3 is 2.58 bits per heavy atom. The van der Waals surface area contributed by atoms with Crippen LogP contribution in [0.5, 0.6) is 0 Å². The Labute approximate surface area is 115 Å². The van der Waals surface area contributed by atoms with Gasteiger partial charge in [0.25, 0.3) is 5.56 Å². The zero-order valence-corrected chi connectivity index (χ0v) is 11.6. The van der Waals surface area contributed by atoms with Gasteiger partial charge in [-0.25, -0.2) is 3.96 Å². The van der Waals surface area contributed by atoms with Crippen LogP contribution in [0.2, 0.25) is 0 Å². The Morgan fingerprint density at radius 1 is 1.11 bits per heavy atom. The van der Waals surface area contributed by atoms with Gasteiger partial charge in [-0.15, -0.1) is 0 Å². The summed E-state index contributed by atoms with van der Waals surface area (Å²) in [7, 11) is 0. The molecule has 0 atom stereocenters. The van der Waals surface area contributed by atoms with Gasteiger partial charge in [-0.3, -0.25) is 4.79 Å². The monoisotopic (exact) mass is 270 g/mol. The Kier molecular flexibility index (Phi) is 2.68. The summed E-state index contributed by atoms with van der Waals surface area (Å²) in [5.74, 6) is 0. The molecule has 1 heterocycles. The number of nitrogens with zero attached hydrogens (tertiary/aromatic N) is 1. The highest BCUT2D eigenvalue weighted by Gasteiger charge is 2.11. The standard InChI is InChI=1S/C15H14N2OS/c1-9-8-13(10(2)7-12(9)16)17-15(18)11-5-3-4-6-14(11)19-17/h3-8H,16H2,1-2H3. The summed E-state index contributed by atoms with van der Waals surface area (Å²) in [5.41, 5.74) is 9.61. The molecule has 3 aromatic rings. The number of fused-ring (bicyclic) bond motifs is 1. The van der Waals surface area contributed by atoms with E-state index in [1.165, 1.54) is 11.5 Å². The lowest BCUT2D eigenvalue weighted by Crippen LogP contribution is -2.12. The first-order valence-electron chi connectivity index (χ1n) is 6.06. The van der Waals surface area contributed by atoms with Crippen LogP contribution in [0.25, 0.3) is 15.8 Å². The lowest BCUT2D eigenvalue weighted by molar-refractivity contribution is 1.11. The van der Waals surface area contributed by atoms with Gasteiger partial charge >= 0.3 is 0 Å². The van der Waals surface area contributed by atoms with Gasteiger partial charge in [0.1, 0.15) is 0 Å². The van der Waals surface area contributed by atoms with Gasteiger partial charge < -0.3 is 5.73 Å². The van der Waals surface area contributed by atoms with Crippen molar-refractivity contribution in [1.29, 1.82) is 0 Å². The molecule has 0 aliphatic carbocycles. The second kappa shape index (κ2) is 4.24. The number of rotatable bonds is 1. The van der Waals surface area contributed by atoms with Crippen molar-refractivity contribution in [2.24, 2.45) is 0 Å². The fourth-order valence-corrected chi connectivity index (χ4v) is 3.24. The summed E-state index contributed by atoms with van der Waals surface area (Å²) >= 11 is 1.47. The van der Waals surface area contributed by atoms with E-state index in [9.17, 15) is 4.79 Å². The normalized spacial score (nSPS) is 11.1. The molecular weight excluding hydrogens is 256 g/mol. The van der Waals surface area contributed by atoms with Crippen molar-refractivity contribution >= 4 is 27.3 Å². The van der Waals surface area contributed by atoms with Crippen LogP contribution in [0.15, 0.2) is 41.2 Å². The van der Waals surface area contributed by atoms with E-state index in [1.54, 1.807) is 3.96 Å². The molecule has 0 fully saturated rings. The Hall–Kier alpha value is -2.07. The predicted molar refractivity (Wildman–Crippen MR) is 81.3 cm³/mol. The molecule has 0 saturated carbocycles. The zero-order valence-electron chi connectivity index (χ0n) is 10.8. The van der Waals surface area contributed by atoms with Crippen molar-refractivity contribution in [2.45, 2.75) is 13.8 Å². The molecule has 0 bridgehead atoms. The van der Waals surface area contributed by atoms with E-state index in [0.717, 1.165) is 32.6 Å². The van der Waals surface area contributed by atoms with Crippen molar-refractivity contribution in [3.63, 3.8) is 0 Å². The molecule has 0 aliphatic rings. The van der Waals surface area contributed by atoms with Crippen LogP contribution in [0, 0.1) is 13.8 Å². The Balaban J connectivity index is 2.34. The quantitative estimate of drug-likeness (QED) is 0.690. The topological polar surface area (TPSA) is 48.0 Å². The molecule has 19 heavy (non-hydrogen) atoms. The fraction of sp³-hybridized carbons (Fsp3) is 0.133. The van der Waals surface area contributed by atoms with Crippen LogP contribution >= 0.6 is 11.5 Å². The highest BCUT2D eigenvalue weighted by molar-refractivity contribution is 7.14. The molecule has 2 N–H and O–H groups in total. The van der Waals surface area contributed by atoms with Crippen molar-refractivity contribution < 1.29 is 0 Å². The van der Waals surface area contributed by atoms with Gasteiger partial charge in [0.15, 0.2) is 0 Å². The molecule has 0 unspecified atom stereocenters. The number of nitrogens with two attached hydrogens (primary N) is 1. The Morgan fingerprint density at radius 2 is 1.84 bits per heavy atom. The van der Waals surface area contributed by atoms with Crippen LogP contribution in [-0.2, 0) is 0 Å². The fourth-order valence-electron chi connectivity index (χ4n) is 2.17. The van der Waals surface area contributed by atoms with E-state index in [2.05, 4.69) is 0 Å². The summed E-state index contributed by atoms with van der Waals surface area (Å²) < 4.78 is 2.74. The number of benzene rings is 2. The van der Waals surface area contributed by atoms with Gasteiger partial charge in [-0.05, 0) is 49.2 Å². The molecule has 96 valence electrons. The van der Waals surface area contributed by atoms with Crippen molar-refractivity contribution in [1.82, 2.24) is 3.96 Å². The first-order valence-corrected chi connectivity index (χ1v) is 6.83. The number of nitrogen functional groups attached to an aromatic ring is 1. The van der Waals surface area contributed by atoms with Crippen molar-refractivity contribution in [2.75, 3.05) is 5.73 Å². The molecule has 0 radical (unpaired) electrons. The SMILES string of the molecule is Cc1cc(-n2sc3ccccc3c2=O)c(C)cc1N. The third kappa shape index (κ3) is 1.85. The molecular formula is C15H14N2OS.